The van der Waals surface area contributed by atoms with E-state index in [0.717, 1.165) is 19.3 Å². The van der Waals surface area contributed by atoms with E-state index in [1.807, 2.05) is 13.8 Å². The molecular weight excluding hydrogens is 220 g/mol. The first kappa shape index (κ1) is 19.2. The van der Waals surface area contributed by atoms with E-state index in [1.165, 1.54) is 16.7 Å². The van der Waals surface area contributed by atoms with Gasteiger partial charge in [0.15, 0.2) is 0 Å². The van der Waals surface area contributed by atoms with Crippen LogP contribution in [0.2, 0.25) is 0 Å². The predicted octanol–water partition coefficient (Wildman–Crippen LogP) is 5.40. The summed E-state index contributed by atoms with van der Waals surface area (Å²) in [5, 5.41) is 0. The van der Waals surface area contributed by atoms with E-state index in [9.17, 15) is 4.79 Å². The Morgan fingerprint density at radius 2 is 1.28 bits per heavy atom. The molecule has 1 aromatic carbocycles. The second-order valence-corrected chi connectivity index (χ2v) is 4.47. The van der Waals surface area contributed by atoms with Crippen LogP contribution in [-0.4, -0.2) is 5.78 Å². The minimum Gasteiger partial charge on any atom is -0.300 e. The first-order chi connectivity index (χ1) is 8.45. The Bertz CT molecular complexity index is 276. The van der Waals surface area contributed by atoms with E-state index >= 15 is 0 Å². The molecule has 0 amide bonds. The van der Waals surface area contributed by atoms with Gasteiger partial charge in [-0.25, -0.2) is 0 Å². The van der Waals surface area contributed by atoms with Crippen molar-refractivity contribution in [1.29, 1.82) is 0 Å². The average molecular weight is 250 g/mol. The minimum atomic E-state index is 0.307. The van der Waals surface area contributed by atoms with Crippen LogP contribution in [0.3, 0.4) is 0 Å². The number of rotatable bonds is 3. The molecule has 0 aliphatic carbocycles. The van der Waals surface area contributed by atoms with E-state index in [2.05, 4.69) is 45.9 Å². The van der Waals surface area contributed by atoms with Gasteiger partial charge >= 0.3 is 0 Å². The summed E-state index contributed by atoms with van der Waals surface area (Å²) in [5.41, 5.74) is 4.06. The van der Waals surface area contributed by atoms with E-state index < -0.39 is 0 Å². The van der Waals surface area contributed by atoms with Crippen molar-refractivity contribution in [3.8, 4) is 0 Å². The fourth-order valence-electron chi connectivity index (χ4n) is 1.63. The van der Waals surface area contributed by atoms with Crippen LogP contribution in [0.15, 0.2) is 18.2 Å². The van der Waals surface area contributed by atoms with Crippen molar-refractivity contribution in [2.75, 3.05) is 0 Å². The van der Waals surface area contributed by atoms with Gasteiger partial charge in [-0.15, -0.1) is 0 Å². The Morgan fingerprint density at radius 1 is 0.944 bits per heavy atom. The highest BCUT2D eigenvalue weighted by Gasteiger charge is 1.88. The normalized spacial score (nSPS) is 8.61. The summed E-state index contributed by atoms with van der Waals surface area (Å²) in [7, 11) is 0. The number of carbonyl (C=O) groups is 1. The monoisotopic (exact) mass is 250 g/mol. The van der Waals surface area contributed by atoms with Crippen LogP contribution >= 0.6 is 0 Å². The van der Waals surface area contributed by atoms with Crippen LogP contribution in [0.4, 0.5) is 0 Å². The SMILES string of the molecule is CC.CCCCC(C)=O.Cc1cc(C)cc(C)c1. The van der Waals surface area contributed by atoms with Crippen LogP contribution in [0.25, 0.3) is 0 Å². The molecule has 1 rings (SSSR count). The molecular formula is C17H30O. The summed E-state index contributed by atoms with van der Waals surface area (Å²) in [5.74, 6) is 0.307. The zero-order valence-corrected chi connectivity index (χ0v) is 13.3. The van der Waals surface area contributed by atoms with Gasteiger partial charge < -0.3 is 4.79 Å². The third kappa shape index (κ3) is 13.0. The Balaban J connectivity index is 0. The third-order valence-electron chi connectivity index (χ3n) is 2.25. The molecule has 1 heteroatoms. The third-order valence-corrected chi connectivity index (χ3v) is 2.25. The van der Waals surface area contributed by atoms with Crippen LogP contribution in [-0.2, 0) is 4.79 Å². The number of carbonyl (C=O) groups excluding carboxylic acids is 1. The molecule has 104 valence electrons. The van der Waals surface area contributed by atoms with Gasteiger partial charge in [-0.1, -0.05) is 62.1 Å². The Morgan fingerprint density at radius 3 is 1.44 bits per heavy atom. The van der Waals surface area contributed by atoms with E-state index in [0.29, 0.717) is 5.78 Å². The molecule has 0 aliphatic heterocycles. The summed E-state index contributed by atoms with van der Waals surface area (Å²) in [4.78, 5) is 10.2. The molecule has 0 heterocycles. The maximum Gasteiger partial charge on any atom is 0.129 e. The fraction of sp³-hybridized carbons (Fsp3) is 0.588. The lowest BCUT2D eigenvalue weighted by atomic mass is 10.1. The van der Waals surface area contributed by atoms with Crippen molar-refractivity contribution in [1.82, 2.24) is 0 Å². The first-order valence-electron chi connectivity index (χ1n) is 7.00. The Kier molecular flexibility index (Phi) is 13.2. The molecule has 18 heavy (non-hydrogen) atoms. The number of unbranched alkanes of at least 4 members (excludes halogenated alkanes) is 1. The summed E-state index contributed by atoms with van der Waals surface area (Å²) in [6.45, 7) is 14.1. The quantitative estimate of drug-likeness (QED) is 0.701. The highest BCUT2D eigenvalue weighted by Crippen LogP contribution is 2.06. The number of aryl methyl sites for hydroxylation is 3. The molecule has 0 atom stereocenters. The Labute approximate surface area is 114 Å². The number of hydrogen-bond acceptors (Lipinski definition) is 1. The zero-order chi connectivity index (χ0) is 14.6. The molecule has 0 aliphatic rings. The molecule has 0 N–H and O–H groups in total. The maximum atomic E-state index is 10.2. The second-order valence-electron chi connectivity index (χ2n) is 4.47. The zero-order valence-electron chi connectivity index (χ0n) is 13.3. The number of benzene rings is 1. The van der Waals surface area contributed by atoms with Crippen molar-refractivity contribution >= 4 is 5.78 Å². The number of Topliss-reactive ketones (excluding diaryl/α,β-unsaturated/α-hetero) is 1. The summed E-state index contributed by atoms with van der Waals surface area (Å²) in [6, 6.07) is 6.56. The summed E-state index contributed by atoms with van der Waals surface area (Å²) < 4.78 is 0. The largest absolute Gasteiger partial charge is 0.300 e. The van der Waals surface area contributed by atoms with Gasteiger partial charge in [0.1, 0.15) is 5.78 Å². The van der Waals surface area contributed by atoms with E-state index in [-0.39, 0.29) is 0 Å². The van der Waals surface area contributed by atoms with Gasteiger partial charge in [-0.05, 0) is 34.1 Å². The lowest BCUT2D eigenvalue weighted by molar-refractivity contribution is -0.117. The Hall–Kier alpha value is -1.11. The van der Waals surface area contributed by atoms with Crippen LogP contribution < -0.4 is 0 Å². The van der Waals surface area contributed by atoms with Crippen molar-refractivity contribution in [2.45, 2.75) is 67.7 Å². The molecule has 0 radical (unpaired) electrons. The highest BCUT2D eigenvalue weighted by atomic mass is 16.1. The lowest BCUT2D eigenvalue weighted by Crippen LogP contribution is -1.86. The molecule has 0 saturated carbocycles. The fourth-order valence-corrected chi connectivity index (χ4v) is 1.63. The van der Waals surface area contributed by atoms with Gasteiger partial charge in [0.25, 0.3) is 0 Å². The van der Waals surface area contributed by atoms with Gasteiger partial charge in [-0.3, -0.25) is 0 Å². The standard InChI is InChI=1S/C9H12.C6H12O.C2H6/c1-7-4-8(2)6-9(3)5-7;1-3-4-5-6(2)7;1-2/h4-6H,1-3H3;3-5H2,1-2H3;1-2H3. The van der Waals surface area contributed by atoms with Crippen LogP contribution in [0.1, 0.15) is 63.6 Å². The maximum absolute atomic E-state index is 10.2. The molecule has 0 fully saturated rings. The number of hydrogen-bond donors (Lipinski definition) is 0. The minimum absolute atomic E-state index is 0.307. The summed E-state index contributed by atoms with van der Waals surface area (Å²) in [6.07, 6.45) is 2.94. The second kappa shape index (κ2) is 12.3. The molecule has 1 aromatic rings. The van der Waals surface area contributed by atoms with E-state index in [1.54, 1.807) is 6.92 Å². The van der Waals surface area contributed by atoms with Crippen LogP contribution in [0, 0.1) is 20.8 Å². The number of ketones is 1. The van der Waals surface area contributed by atoms with Crippen molar-refractivity contribution in [3.05, 3.63) is 34.9 Å². The topological polar surface area (TPSA) is 17.1 Å². The van der Waals surface area contributed by atoms with Gasteiger partial charge in [0.2, 0.25) is 0 Å². The molecule has 0 spiro atoms. The molecule has 0 saturated heterocycles. The van der Waals surface area contributed by atoms with Gasteiger partial charge in [0, 0.05) is 6.42 Å². The van der Waals surface area contributed by atoms with Gasteiger partial charge in [-0.2, -0.15) is 0 Å². The summed E-state index contributed by atoms with van der Waals surface area (Å²) >= 11 is 0. The lowest BCUT2D eigenvalue weighted by Gasteiger charge is -1.96. The molecule has 0 bridgehead atoms. The highest BCUT2D eigenvalue weighted by molar-refractivity contribution is 5.75. The predicted molar refractivity (Wildman–Crippen MR) is 82.2 cm³/mol. The van der Waals surface area contributed by atoms with Gasteiger partial charge in [0.05, 0.1) is 0 Å². The smallest absolute Gasteiger partial charge is 0.129 e. The first-order valence-corrected chi connectivity index (χ1v) is 7.00. The van der Waals surface area contributed by atoms with Crippen molar-refractivity contribution in [2.24, 2.45) is 0 Å². The molecule has 0 aromatic heterocycles. The van der Waals surface area contributed by atoms with Crippen molar-refractivity contribution in [3.63, 3.8) is 0 Å². The van der Waals surface area contributed by atoms with E-state index in [4.69, 9.17) is 0 Å². The van der Waals surface area contributed by atoms with Crippen LogP contribution in [0.5, 0.6) is 0 Å². The average Bonchev–Trinajstić information content (AvgIpc) is 2.28. The molecule has 0 unspecified atom stereocenters. The van der Waals surface area contributed by atoms with Crippen molar-refractivity contribution < 1.29 is 4.79 Å². The molecule has 1 nitrogen and oxygen atoms in total.